The van der Waals surface area contributed by atoms with Crippen LogP contribution in [0.2, 0.25) is 0 Å². The number of aryl methyl sites for hydroxylation is 1. The normalized spacial score (nSPS) is 13.8. The highest BCUT2D eigenvalue weighted by Gasteiger charge is 2.20. The van der Waals surface area contributed by atoms with Crippen LogP contribution in [0.4, 0.5) is 4.39 Å². The molecule has 0 aliphatic rings. The van der Waals surface area contributed by atoms with Crippen LogP contribution in [0.15, 0.2) is 23.1 Å². The second kappa shape index (κ2) is 4.90. The van der Waals surface area contributed by atoms with Gasteiger partial charge in [0.05, 0.1) is 6.61 Å². The summed E-state index contributed by atoms with van der Waals surface area (Å²) >= 11 is 0. The first-order chi connectivity index (χ1) is 7.36. The van der Waals surface area contributed by atoms with Crippen molar-refractivity contribution >= 4 is 10.0 Å². The molecule has 90 valence electrons. The van der Waals surface area contributed by atoms with Gasteiger partial charge in [0.2, 0.25) is 10.0 Å². The minimum Gasteiger partial charge on any atom is -0.395 e. The van der Waals surface area contributed by atoms with Crippen LogP contribution in [0.3, 0.4) is 0 Å². The van der Waals surface area contributed by atoms with Crippen LogP contribution in [0.1, 0.15) is 12.5 Å². The van der Waals surface area contributed by atoms with Crippen molar-refractivity contribution in [3.8, 4) is 0 Å². The predicted octanol–water partition coefficient (Wildman–Crippen LogP) is 0.793. The summed E-state index contributed by atoms with van der Waals surface area (Å²) < 4.78 is 38.9. The molecule has 0 amide bonds. The third kappa shape index (κ3) is 3.01. The summed E-state index contributed by atoms with van der Waals surface area (Å²) in [7, 11) is -3.91. The van der Waals surface area contributed by atoms with Gasteiger partial charge >= 0.3 is 0 Å². The lowest BCUT2D eigenvalue weighted by molar-refractivity contribution is 0.265. The zero-order valence-corrected chi connectivity index (χ0v) is 9.88. The molecule has 1 aromatic rings. The summed E-state index contributed by atoms with van der Waals surface area (Å²) in [5.74, 6) is -0.803. The average Bonchev–Trinajstić information content (AvgIpc) is 2.20. The van der Waals surface area contributed by atoms with Crippen molar-refractivity contribution in [1.29, 1.82) is 0 Å². The molecular weight excluding hydrogens is 233 g/mol. The number of sulfonamides is 1. The van der Waals surface area contributed by atoms with E-state index < -0.39 is 26.8 Å². The Morgan fingerprint density at radius 2 is 2.12 bits per heavy atom. The van der Waals surface area contributed by atoms with Crippen molar-refractivity contribution < 1.29 is 17.9 Å². The monoisotopic (exact) mass is 247 g/mol. The van der Waals surface area contributed by atoms with Gasteiger partial charge in [-0.05, 0) is 31.5 Å². The second-order valence-corrected chi connectivity index (χ2v) is 5.32. The summed E-state index contributed by atoms with van der Waals surface area (Å²) in [5, 5.41) is 8.75. The molecule has 0 unspecified atom stereocenters. The molecule has 6 heteroatoms. The number of aliphatic hydroxyl groups excluding tert-OH is 1. The Kier molecular flexibility index (Phi) is 4.01. The summed E-state index contributed by atoms with van der Waals surface area (Å²) in [6, 6.07) is 3.20. The van der Waals surface area contributed by atoms with Crippen LogP contribution in [-0.2, 0) is 10.0 Å². The van der Waals surface area contributed by atoms with Crippen LogP contribution < -0.4 is 4.72 Å². The fourth-order valence-corrected chi connectivity index (χ4v) is 2.58. The summed E-state index contributed by atoms with van der Waals surface area (Å²) in [6.45, 7) is 2.83. The van der Waals surface area contributed by atoms with E-state index in [1.54, 1.807) is 6.92 Å². The molecule has 0 aromatic heterocycles. The van der Waals surface area contributed by atoms with E-state index in [1.807, 2.05) is 0 Å². The van der Waals surface area contributed by atoms with Crippen LogP contribution in [0.25, 0.3) is 0 Å². The van der Waals surface area contributed by atoms with Crippen molar-refractivity contribution in [3.05, 3.63) is 29.6 Å². The molecule has 2 N–H and O–H groups in total. The van der Waals surface area contributed by atoms with Gasteiger partial charge in [-0.3, -0.25) is 0 Å². The SMILES string of the molecule is Cc1ccc(F)c(S(=O)(=O)N[C@H](C)CO)c1. The Bertz CT molecular complexity index is 473. The molecule has 16 heavy (non-hydrogen) atoms. The van der Waals surface area contributed by atoms with Crippen molar-refractivity contribution in [2.24, 2.45) is 0 Å². The number of aliphatic hydroxyl groups is 1. The topological polar surface area (TPSA) is 66.4 Å². The summed E-state index contributed by atoms with van der Waals surface area (Å²) in [5.41, 5.74) is 0.651. The Hall–Kier alpha value is -0.980. The zero-order chi connectivity index (χ0) is 12.3. The number of benzene rings is 1. The van der Waals surface area contributed by atoms with Gasteiger partial charge in [0.15, 0.2) is 0 Å². The number of nitrogens with one attached hydrogen (secondary N) is 1. The fraction of sp³-hybridized carbons (Fsp3) is 0.400. The van der Waals surface area contributed by atoms with E-state index in [2.05, 4.69) is 4.72 Å². The van der Waals surface area contributed by atoms with Gasteiger partial charge in [0, 0.05) is 6.04 Å². The quantitative estimate of drug-likeness (QED) is 0.826. The molecule has 0 aliphatic heterocycles. The highest BCUT2D eigenvalue weighted by Crippen LogP contribution is 2.16. The lowest BCUT2D eigenvalue weighted by Crippen LogP contribution is -2.35. The van der Waals surface area contributed by atoms with Gasteiger partial charge in [-0.2, -0.15) is 0 Å². The highest BCUT2D eigenvalue weighted by atomic mass is 32.2. The smallest absolute Gasteiger partial charge is 0.243 e. The molecule has 0 saturated carbocycles. The maximum atomic E-state index is 13.3. The number of hydrogen-bond acceptors (Lipinski definition) is 3. The molecule has 0 aliphatic carbocycles. The lowest BCUT2D eigenvalue weighted by Gasteiger charge is -2.12. The van der Waals surface area contributed by atoms with Crippen LogP contribution >= 0.6 is 0 Å². The fourth-order valence-electron chi connectivity index (χ4n) is 1.18. The van der Waals surface area contributed by atoms with E-state index in [0.29, 0.717) is 5.56 Å². The summed E-state index contributed by atoms with van der Waals surface area (Å²) in [6.07, 6.45) is 0. The third-order valence-corrected chi connectivity index (χ3v) is 3.61. The second-order valence-electron chi connectivity index (χ2n) is 3.64. The third-order valence-electron chi connectivity index (χ3n) is 2.01. The van der Waals surface area contributed by atoms with E-state index in [4.69, 9.17) is 5.11 Å². The molecule has 1 atom stereocenters. The molecular formula is C10H14FNO3S. The van der Waals surface area contributed by atoms with E-state index in [9.17, 15) is 12.8 Å². The largest absolute Gasteiger partial charge is 0.395 e. The maximum Gasteiger partial charge on any atom is 0.243 e. The molecule has 1 aromatic carbocycles. The van der Waals surface area contributed by atoms with Gasteiger partial charge in [-0.1, -0.05) is 6.07 Å². The molecule has 1 rings (SSSR count). The van der Waals surface area contributed by atoms with Crippen molar-refractivity contribution in [3.63, 3.8) is 0 Å². The van der Waals surface area contributed by atoms with E-state index in [1.165, 1.54) is 19.1 Å². The molecule has 0 spiro atoms. The predicted molar refractivity (Wildman–Crippen MR) is 58.0 cm³/mol. The van der Waals surface area contributed by atoms with Gasteiger partial charge < -0.3 is 5.11 Å². The van der Waals surface area contributed by atoms with Gasteiger partial charge in [-0.25, -0.2) is 17.5 Å². The Labute approximate surface area is 94.2 Å². The molecule has 0 fully saturated rings. The van der Waals surface area contributed by atoms with Gasteiger partial charge in [0.25, 0.3) is 0 Å². The molecule has 0 heterocycles. The Morgan fingerprint density at radius 3 is 2.69 bits per heavy atom. The maximum absolute atomic E-state index is 13.3. The van der Waals surface area contributed by atoms with E-state index in [0.717, 1.165) is 6.07 Å². The van der Waals surface area contributed by atoms with Crippen molar-refractivity contribution in [2.45, 2.75) is 24.8 Å². The number of hydrogen-bond donors (Lipinski definition) is 2. The Balaban J connectivity index is 3.12. The highest BCUT2D eigenvalue weighted by molar-refractivity contribution is 7.89. The van der Waals surface area contributed by atoms with Gasteiger partial charge in [0.1, 0.15) is 10.7 Å². The average molecular weight is 247 g/mol. The molecule has 0 radical (unpaired) electrons. The van der Waals surface area contributed by atoms with E-state index in [-0.39, 0.29) is 6.61 Å². The number of rotatable bonds is 4. The Morgan fingerprint density at radius 1 is 1.50 bits per heavy atom. The molecule has 0 bridgehead atoms. The van der Waals surface area contributed by atoms with E-state index >= 15 is 0 Å². The first-order valence-corrected chi connectivity index (χ1v) is 6.24. The van der Waals surface area contributed by atoms with Gasteiger partial charge in [-0.15, -0.1) is 0 Å². The van der Waals surface area contributed by atoms with Crippen LogP contribution in [-0.4, -0.2) is 26.2 Å². The first-order valence-electron chi connectivity index (χ1n) is 4.76. The van der Waals surface area contributed by atoms with Crippen molar-refractivity contribution in [1.82, 2.24) is 4.72 Å². The lowest BCUT2D eigenvalue weighted by atomic mass is 10.2. The number of halogens is 1. The van der Waals surface area contributed by atoms with Crippen LogP contribution in [0.5, 0.6) is 0 Å². The zero-order valence-electron chi connectivity index (χ0n) is 9.07. The standard InChI is InChI=1S/C10H14FNO3S/c1-7-3-4-9(11)10(5-7)16(14,15)12-8(2)6-13/h3-5,8,12-13H,6H2,1-2H3/t8-/m1/s1. The summed E-state index contributed by atoms with van der Waals surface area (Å²) in [4.78, 5) is -0.396. The minimum atomic E-state index is -3.91. The van der Waals surface area contributed by atoms with Crippen molar-refractivity contribution in [2.75, 3.05) is 6.61 Å². The molecule has 4 nitrogen and oxygen atoms in total. The first kappa shape index (κ1) is 13.1. The minimum absolute atomic E-state index is 0.341. The molecule has 0 saturated heterocycles. The van der Waals surface area contributed by atoms with Crippen LogP contribution in [0, 0.1) is 12.7 Å².